The second kappa shape index (κ2) is 7.87. The standard InChI is InChI=1S/C21H18FN5O/c22-19-8-2-1-6-18(19)15-27-12-9-20(25-27)24-21(28)17-7-3-5-16(13-17)14-26-11-4-10-23-26/h1-13H,14-15H2,(H,24,25,28). The van der Waals surface area contributed by atoms with Crippen LogP contribution in [0.15, 0.2) is 79.3 Å². The van der Waals surface area contributed by atoms with Crippen LogP contribution in [0, 0.1) is 5.82 Å². The molecule has 0 fully saturated rings. The van der Waals surface area contributed by atoms with Crippen LogP contribution in [-0.2, 0) is 13.1 Å². The molecule has 2 heterocycles. The lowest BCUT2D eigenvalue weighted by Gasteiger charge is -2.06. The molecule has 0 aliphatic rings. The molecule has 2 aromatic carbocycles. The number of carbonyl (C=O) groups is 1. The van der Waals surface area contributed by atoms with Crippen LogP contribution in [0.1, 0.15) is 21.5 Å². The van der Waals surface area contributed by atoms with Crippen molar-refractivity contribution in [3.63, 3.8) is 0 Å². The molecule has 0 aliphatic carbocycles. The van der Waals surface area contributed by atoms with Gasteiger partial charge in [-0.3, -0.25) is 14.2 Å². The minimum Gasteiger partial charge on any atom is -0.305 e. The summed E-state index contributed by atoms with van der Waals surface area (Å²) in [6.45, 7) is 0.882. The number of hydrogen-bond acceptors (Lipinski definition) is 3. The average molecular weight is 375 g/mol. The van der Waals surface area contributed by atoms with Gasteiger partial charge in [-0.05, 0) is 29.8 Å². The summed E-state index contributed by atoms with van der Waals surface area (Å²) in [5, 5.41) is 11.3. The van der Waals surface area contributed by atoms with Crippen LogP contribution in [0.5, 0.6) is 0 Å². The highest BCUT2D eigenvalue weighted by Gasteiger charge is 2.10. The predicted octanol–water partition coefficient (Wildman–Crippen LogP) is 3.57. The summed E-state index contributed by atoms with van der Waals surface area (Å²) in [4.78, 5) is 12.5. The lowest BCUT2D eigenvalue weighted by Crippen LogP contribution is -2.13. The van der Waals surface area contributed by atoms with Gasteiger partial charge in [-0.25, -0.2) is 4.39 Å². The number of carbonyl (C=O) groups excluding carboxylic acids is 1. The molecule has 140 valence electrons. The Labute approximate surface area is 161 Å². The van der Waals surface area contributed by atoms with Crippen molar-refractivity contribution in [2.24, 2.45) is 0 Å². The number of benzene rings is 2. The molecular weight excluding hydrogens is 357 g/mol. The van der Waals surface area contributed by atoms with Gasteiger partial charge in [-0.2, -0.15) is 10.2 Å². The van der Waals surface area contributed by atoms with Gasteiger partial charge in [0.05, 0.1) is 13.1 Å². The number of rotatable bonds is 6. The Balaban J connectivity index is 1.43. The smallest absolute Gasteiger partial charge is 0.256 e. The topological polar surface area (TPSA) is 64.7 Å². The van der Waals surface area contributed by atoms with E-state index in [1.54, 1.807) is 52.1 Å². The van der Waals surface area contributed by atoms with Gasteiger partial charge in [0.25, 0.3) is 5.91 Å². The third-order valence-electron chi connectivity index (χ3n) is 4.27. The molecule has 1 amide bonds. The van der Waals surface area contributed by atoms with E-state index in [4.69, 9.17) is 0 Å². The number of nitrogens with zero attached hydrogens (tertiary/aromatic N) is 4. The van der Waals surface area contributed by atoms with Gasteiger partial charge in [0.2, 0.25) is 0 Å². The molecule has 0 unspecified atom stereocenters. The van der Waals surface area contributed by atoms with Crippen molar-refractivity contribution in [2.75, 3.05) is 5.32 Å². The van der Waals surface area contributed by atoms with Crippen molar-refractivity contribution in [3.05, 3.63) is 102 Å². The fourth-order valence-corrected chi connectivity index (χ4v) is 2.90. The monoisotopic (exact) mass is 375 g/mol. The molecule has 28 heavy (non-hydrogen) atoms. The van der Waals surface area contributed by atoms with E-state index in [9.17, 15) is 9.18 Å². The molecule has 1 N–H and O–H groups in total. The van der Waals surface area contributed by atoms with E-state index in [1.807, 2.05) is 30.5 Å². The van der Waals surface area contributed by atoms with E-state index in [1.165, 1.54) is 6.07 Å². The highest BCUT2D eigenvalue weighted by Crippen LogP contribution is 2.12. The maximum Gasteiger partial charge on any atom is 0.256 e. The number of anilines is 1. The van der Waals surface area contributed by atoms with E-state index in [2.05, 4.69) is 15.5 Å². The first-order valence-electron chi connectivity index (χ1n) is 8.82. The Bertz CT molecular complexity index is 1090. The van der Waals surface area contributed by atoms with Gasteiger partial charge in [0.15, 0.2) is 5.82 Å². The normalized spacial score (nSPS) is 10.8. The van der Waals surface area contributed by atoms with Gasteiger partial charge >= 0.3 is 0 Å². The SMILES string of the molecule is O=C(Nc1ccn(Cc2ccccc2F)n1)c1cccc(Cn2cccn2)c1. The molecule has 0 saturated heterocycles. The van der Waals surface area contributed by atoms with Crippen molar-refractivity contribution < 1.29 is 9.18 Å². The van der Waals surface area contributed by atoms with Crippen LogP contribution in [0.25, 0.3) is 0 Å². The van der Waals surface area contributed by atoms with Gasteiger partial charge in [-0.15, -0.1) is 0 Å². The third-order valence-corrected chi connectivity index (χ3v) is 4.27. The largest absolute Gasteiger partial charge is 0.305 e. The number of aromatic nitrogens is 4. The summed E-state index contributed by atoms with van der Waals surface area (Å²) in [6, 6.07) is 17.4. The van der Waals surface area contributed by atoms with Gasteiger partial charge < -0.3 is 5.32 Å². The lowest BCUT2D eigenvalue weighted by atomic mass is 10.1. The summed E-state index contributed by atoms with van der Waals surface area (Å²) >= 11 is 0. The highest BCUT2D eigenvalue weighted by atomic mass is 19.1. The van der Waals surface area contributed by atoms with E-state index in [-0.39, 0.29) is 11.7 Å². The molecule has 7 heteroatoms. The van der Waals surface area contributed by atoms with Crippen molar-refractivity contribution in [1.29, 1.82) is 0 Å². The van der Waals surface area contributed by atoms with E-state index in [0.29, 0.717) is 30.0 Å². The number of nitrogens with one attached hydrogen (secondary N) is 1. The van der Waals surface area contributed by atoms with E-state index in [0.717, 1.165) is 5.56 Å². The van der Waals surface area contributed by atoms with Gasteiger partial charge in [-0.1, -0.05) is 30.3 Å². The highest BCUT2D eigenvalue weighted by molar-refractivity contribution is 6.03. The first-order chi connectivity index (χ1) is 13.7. The maximum absolute atomic E-state index is 13.8. The second-order valence-electron chi connectivity index (χ2n) is 6.35. The molecule has 6 nitrogen and oxygen atoms in total. The zero-order valence-electron chi connectivity index (χ0n) is 15.0. The lowest BCUT2D eigenvalue weighted by molar-refractivity contribution is 0.102. The van der Waals surface area contributed by atoms with E-state index >= 15 is 0 Å². The molecule has 0 aliphatic heterocycles. The molecule has 2 aromatic heterocycles. The summed E-state index contributed by atoms with van der Waals surface area (Å²) in [7, 11) is 0. The quantitative estimate of drug-likeness (QED) is 0.560. The average Bonchev–Trinajstić information content (AvgIpc) is 3.36. The summed E-state index contributed by atoms with van der Waals surface area (Å²) in [5.41, 5.74) is 2.05. The van der Waals surface area contributed by atoms with Gasteiger partial charge in [0.1, 0.15) is 5.82 Å². The third kappa shape index (κ3) is 4.15. The maximum atomic E-state index is 13.8. The van der Waals surface area contributed by atoms with E-state index < -0.39 is 0 Å². The zero-order chi connectivity index (χ0) is 19.3. The summed E-state index contributed by atoms with van der Waals surface area (Å²) in [5.74, 6) is -0.116. The minimum absolute atomic E-state index is 0.251. The van der Waals surface area contributed by atoms with Crippen LogP contribution in [0.3, 0.4) is 0 Å². The van der Waals surface area contributed by atoms with Crippen LogP contribution in [0.4, 0.5) is 10.2 Å². The molecule has 0 bridgehead atoms. The fourth-order valence-electron chi connectivity index (χ4n) is 2.90. The van der Waals surface area contributed by atoms with Crippen LogP contribution in [-0.4, -0.2) is 25.5 Å². The molecule has 0 radical (unpaired) electrons. The van der Waals surface area contributed by atoms with Crippen molar-refractivity contribution in [2.45, 2.75) is 13.1 Å². The Hall–Kier alpha value is -3.74. The Morgan fingerprint density at radius 1 is 0.964 bits per heavy atom. The fraction of sp³-hybridized carbons (Fsp3) is 0.0952. The first kappa shape index (κ1) is 17.7. The molecule has 0 atom stereocenters. The Morgan fingerprint density at radius 3 is 2.68 bits per heavy atom. The van der Waals surface area contributed by atoms with Crippen molar-refractivity contribution in [1.82, 2.24) is 19.6 Å². The molecule has 0 saturated carbocycles. The first-order valence-corrected chi connectivity index (χ1v) is 8.82. The Morgan fingerprint density at radius 2 is 1.86 bits per heavy atom. The van der Waals surface area contributed by atoms with Crippen molar-refractivity contribution in [3.8, 4) is 0 Å². The van der Waals surface area contributed by atoms with Crippen molar-refractivity contribution >= 4 is 11.7 Å². The number of amides is 1. The zero-order valence-corrected chi connectivity index (χ0v) is 15.0. The van der Waals surface area contributed by atoms with Crippen LogP contribution in [0.2, 0.25) is 0 Å². The number of halogens is 1. The molecule has 4 aromatic rings. The van der Waals surface area contributed by atoms with Crippen LogP contribution >= 0.6 is 0 Å². The molecule has 0 spiro atoms. The number of hydrogen-bond donors (Lipinski definition) is 1. The molecule has 4 rings (SSSR count). The predicted molar refractivity (Wildman–Crippen MR) is 103 cm³/mol. The van der Waals surface area contributed by atoms with Gasteiger partial charge in [0, 0.05) is 35.8 Å². The summed E-state index contributed by atoms with van der Waals surface area (Å²) < 4.78 is 17.1. The Kier molecular flexibility index (Phi) is 4.97. The second-order valence-corrected chi connectivity index (χ2v) is 6.35. The van der Waals surface area contributed by atoms with Crippen LogP contribution < -0.4 is 5.32 Å². The molecular formula is C21H18FN5O. The summed E-state index contributed by atoms with van der Waals surface area (Å²) in [6.07, 6.45) is 5.29. The minimum atomic E-state index is -0.280.